The molecule has 1 N–H and O–H groups in total. The largest absolute Gasteiger partial charge is 0.497 e. The number of rotatable bonds is 9. The summed E-state index contributed by atoms with van der Waals surface area (Å²) in [4.78, 5) is 36.5. The molecule has 0 atom stereocenters. The summed E-state index contributed by atoms with van der Waals surface area (Å²) in [6.45, 7) is 3.28. The Bertz CT molecular complexity index is 920. The van der Waals surface area contributed by atoms with Crippen molar-refractivity contribution in [3.63, 3.8) is 0 Å². The van der Waals surface area contributed by atoms with Crippen LogP contribution < -0.4 is 10.1 Å². The van der Waals surface area contributed by atoms with Gasteiger partial charge in [-0.1, -0.05) is 6.07 Å². The molecule has 0 unspecified atom stereocenters. The summed E-state index contributed by atoms with van der Waals surface area (Å²) >= 11 is 0. The lowest BCUT2D eigenvalue weighted by Gasteiger charge is -2.11. The highest BCUT2D eigenvalue weighted by atomic mass is 16.5. The van der Waals surface area contributed by atoms with Gasteiger partial charge in [-0.05, 0) is 38.0 Å². The van der Waals surface area contributed by atoms with E-state index in [1.165, 1.54) is 4.90 Å². The molecule has 0 saturated carbocycles. The predicted octanol–water partition coefficient (Wildman–Crippen LogP) is 1.18. The molecule has 9 nitrogen and oxygen atoms in total. The van der Waals surface area contributed by atoms with E-state index in [1.54, 1.807) is 21.2 Å². The average Bonchev–Trinajstić information content (AvgIpc) is 3.02. The van der Waals surface area contributed by atoms with Crippen LogP contribution in [0.5, 0.6) is 5.75 Å². The summed E-state index contributed by atoms with van der Waals surface area (Å²) in [5, 5.41) is 6.98. The van der Waals surface area contributed by atoms with Gasteiger partial charge in [0.25, 0.3) is 5.91 Å². The Morgan fingerprint density at radius 2 is 1.93 bits per heavy atom. The highest BCUT2D eigenvalue weighted by Gasteiger charge is 2.16. The fourth-order valence-electron chi connectivity index (χ4n) is 2.86. The second-order valence-corrected chi connectivity index (χ2v) is 6.99. The average molecular weight is 416 g/mol. The minimum Gasteiger partial charge on any atom is -0.497 e. The van der Waals surface area contributed by atoms with Crippen LogP contribution in [0, 0.1) is 13.8 Å². The normalized spacial score (nSPS) is 10.4. The van der Waals surface area contributed by atoms with Gasteiger partial charge in [-0.25, -0.2) is 4.68 Å². The molecular formula is C21H28N4O5. The summed E-state index contributed by atoms with van der Waals surface area (Å²) in [6, 6.07) is 7.56. The third-order valence-corrected chi connectivity index (χ3v) is 4.62. The van der Waals surface area contributed by atoms with Crippen LogP contribution in [0.4, 0.5) is 0 Å². The van der Waals surface area contributed by atoms with Gasteiger partial charge in [0.2, 0.25) is 5.91 Å². The lowest BCUT2D eigenvalue weighted by Crippen LogP contribution is -2.38. The van der Waals surface area contributed by atoms with Crippen LogP contribution in [0.1, 0.15) is 23.4 Å². The van der Waals surface area contributed by atoms with Crippen molar-refractivity contribution >= 4 is 17.8 Å². The fraction of sp³-hybridized carbons (Fsp3) is 0.429. The molecule has 1 heterocycles. The first-order valence-corrected chi connectivity index (χ1v) is 9.55. The Morgan fingerprint density at radius 1 is 1.20 bits per heavy atom. The molecule has 162 valence electrons. The Balaban J connectivity index is 1.90. The number of nitrogens with one attached hydrogen (secondary N) is 1. The quantitative estimate of drug-likeness (QED) is 0.616. The molecule has 1 aromatic heterocycles. The van der Waals surface area contributed by atoms with E-state index in [-0.39, 0.29) is 18.9 Å². The van der Waals surface area contributed by atoms with E-state index in [4.69, 9.17) is 9.47 Å². The summed E-state index contributed by atoms with van der Waals surface area (Å²) in [5.74, 6) is -0.516. The van der Waals surface area contributed by atoms with Crippen LogP contribution >= 0.6 is 0 Å². The van der Waals surface area contributed by atoms with E-state index < -0.39 is 18.5 Å². The van der Waals surface area contributed by atoms with E-state index in [2.05, 4.69) is 10.4 Å². The summed E-state index contributed by atoms with van der Waals surface area (Å²) in [7, 11) is 4.79. The van der Waals surface area contributed by atoms with Gasteiger partial charge >= 0.3 is 5.97 Å². The Hall–Kier alpha value is -3.36. The third kappa shape index (κ3) is 6.07. The van der Waals surface area contributed by atoms with Crippen LogP contribution in [0.3, 0.4) is 0 Å². The van der Waals surface area contributed by atoms with Crippen molar-refractivity contribution in [1.82, 2.24) is 20.0 Å². The molecule has 0 fully saturated rings. The molecule has 2 rings (SSSR count). The van der Waals surface area contributed by atoms with E-state index in [0.717, 1.165) is 28.4 Å². The van der Waals surface area contributed by atoms with E-state index >= 15 is 0 Å². The molecule has 0 bridgehead atoms. The zero-order valence-corrected chi connectivity index (χ0v) is 18.0. The number of likely N-dealkylation sites (N-methyl/N-ethyl adjacent to an activating group) is 1. The number of carbonyl (C=O) groups is 3. The third-order valence-electron chi connectivity index (χ3n) is 4.62. The SMILES string of the molecule is COc1cccc(-n2nc(C)c(CCC(=O)OCC(=O)NCC(=O)N(C)C)c2C)c1. The highest BCUT2D eigenvalue weighted by Crippen LogP contribution is 2.22. The standard InChI is InChI=1S/C21H28N4O5/c1-14-18(15(2)25(23-14)16-7-6-8-17(11-16)29-5)9-10-21(28)30-13-19(26)22-12-20(27)24(3)4/h6-8,11H,9-10,12-13H2,1-5H3,(H,22,26). The van der Waals surface area contributed by atoms with Crippen LogP contribution in [-0.4, -0.2) is 66.8 Å². The van der Waals surface area contributed by atoms with Gasteiger partial charge in [-0.3, -0.25) is 14.4 Å². The van der Waals surface area contributed by atoms with Gasteiger partial charge in [-0.15, -0.1) is 0 Å². The number of hydrogen-bond acceptors (Lipinski definition) is 6. The zero-order chi connectivity index (χ0) is 22.3. The van der Waals surface area contributed by atoms with Crippen LogP contribution in [0.25, 0.3) is 5.69 Å². The monoisotopic (exact) mass is 416 g/mol. The van der Waals surface area contributed by atoms with E-state index in [0.29, 0.717) is 6.42 Å². The molecule has 0 saturated heterocycles. The lowest BCUT2D eigenvalue weighted by atomic mass is 10.1. The molecule has 9 heteroatoms. The molecule has 2 amide bonds. The van der Waals surface area contributed by atoms with Gasteiger partial charge < -0.3 is 19.7 Å². The highest BCUT2D eigenvalue weighted by molar-refractivity contribution is 5.86. The van der Waals surface area contributed by atoms with Crippen LogP contribution in [-0.2, 0) is 25.5 Å². The lowest BCUT2D eigenvalue weighted by molar-refractivity contribution is -0.148. The van der Waals surface area contributed by atoms with Crippen molar-refractivity contribution in [1.29, 1.82) is 0 Å². The van der Waals surface area contributed by atoms with E-state index in [9.17, 15) is 14.4 Å². The maximum absolute atomic E-state index is 12.0. The van der Waals surface area contributed by atoms with Gasteiger partial charge in [0.05, 0.1) is 25.0 Å². The van der Waals surface area contributed by atoms with Crippen LogP contribution in [0.2, 0.25) is 0 Å². The second-order valence-electron chi connectivity index (χ2n) is 6.99. The number of methoxy groups -OCH3 is 1. The summed E-state index contributed by atoms with van der Waals surface area (Å²) in [5.41, 5.74) is 3.57. The minimum absolute atomic E-state index is 0.120. The van der Waals surface area contributed by atoms with Gasteiger partial charge in [0, 0.05) is 32.3 Å². The minimum atomic E-state index is -0.517. The summed E-state index contributed by atoms with van der Waals surface area (Å²) in [6.07, 6.45) is 0.566. The topological polar surface area (TPSA) is 103 Å². The predicted molar refractivity (Wildman–Crippen MR) is 111 cm³/mol. The first-order chi connectivity index (χ1) is 14.2. The van der Waals surface area contributed by atoms with E-state index in [1.807, 2.05) is 42.8 Å². The molecule has 2 aromatic rings. The maximum Gasteiger partial charge on any atom is 0.306 e. The van der Waals surface area contributed by atoms with Gasteiger partial charge in [0.1, 0.15) is 5.75 Å². The van der Waals surface area contributed by atoms with Crippen molar-refractivity contribution in [2.75, 3.05) is 34.4 Å². The van der Waals surface area contributed by atoms with Gasteiger partial charge in [-0.2, -0.15) is 5.10 Å². The number of hydrogen-bond donors (Lipinski definition) is 1. The number of benzene rings is 1. The first-order valence-electron chi connectivity index (χ1n) is 9.55. The zero-order valence-electron chi connectivity index (χ0n) is 18.0. The molecular weight excluding hydrogens is 388 g/mol. The van der Waals surface area contributed by atoms with Crippen molar-refractivity contribution in [2.24, 2.45) is 0 Å². The number of carbonyl (C=O) groups excluding carboxylic acids is 3. The van der Waals surface area contributed by atoms with Crippen molar-refractivity contribution in [3.05, 3.63) is 41.2 Å². The molecule has 0 spiro atoms. The Morgan fingerprint density at radius 3 is 2.60 bits per heavy atom. The number of amides is 2. The number of nitrogens with zero attached hydrogens (tertiary/aromatic N) is 3. The number of aryl methyl sites for hydroxylation is 1. The first kappa shape index (κ1) is 22.9. The molecule has 1 aromatic carbocycles. The Labute approximate surface area is 175 Å². The molecule has 0 aliphatic heterocycles. The fourth-order valence-corrected chi connectivity index (χ4v) is 2.86. The smallest absolute Gasteiger partial charge is 0.306 e. The molecule has 0 aliphatic rings. The molecule has 0 aliphatic carbocycles. The molecule has 0 radical (unpaired) electrons. The van der Waals surface area contributed by atoms with Crippen molar-refractivity contribution in [3.8, 4) is 11.4 Å². The summed E-state index contributed by atoms with van der Waals surface area (Å²) < 4.78 is 12.1. The number of aromatic nitrogens is 2. The second kappa shape index (κ2) is 10.4. The van der Waals surface area contributed by atoms with Crippen molar-refractivity contribution in [2.45, 2.75) is 26.7 Å². The maximum atomic E-state index is 12.0. The van der Waals surface area contributed by atoms with Gasteiger partial charge in [0.15, 0.2) is 6.61 Å². The van der Waals surface area contributed by atoms with Crippen molar-refractivity contribution < 1.29 is 23.9 Å². The number of ether oxygens (including phenoxy) is 2. The molecule has 30 heavy (non-hydrogen) atoms. The number of esters is 1. The Kier molecular flexibility index (Phi) is 7.97. The van der Waals surface area contributed by atoms with Crippen LogP contribution in [0.15, 0.2) is 24.3 Å².